The molecule has 0 atom stereocenters. The highest BCUT2D eigenvalue weighted by molar-refractivity contribution is 6.29. The smallest absolute Gasteiger partial charge is 0.245 e. The van der Waals surface area contributed by atoms with Crippen molar-refractivity contribution in [1.29, 1.82) is 0 Å². The van der Waals surface area contributed by atoms with Crippen molar-refractivity contribution < 1.29 is 8.78 Å². The van der Waals surface area contributed by atoms with Gasteiger partial charge in [-0.1, -0.05) is 18.5 Å². The van der Waals surface area contributed by atoms with Crippen LogP contribution < -0.4 is 0 Å². The second-order valence-corrected chi connectivity index (χ2v) is 2.81. The second-order valence-electron chi connectivity index (χ2n) is 2.43. The maximum absolute atomic E-state index is 13.0. The highest BCUT2D eigenvalue weighted by atomic mass is 35.5. The van der Waals surface area contributed by atoms with E-state index in [4.69, 9.17) is 11.6 Å². The van der Waals surface area contributed by atoms with E-state index >= 15 is 0 Å². The lowest BCUT2D eigenvalue weighted by atomic mass is 10.1. The van der Waals surface area contributed by atoms with Crippen LogP contribution in [-0.2, 0) is 5.92 Å². The molecule has 0 fully saturated rings. The number of pyridine rings is 1. The average molecular weight is 192 g/mol. The Balaban J connectivity index is 3.03. The first-order valence-corrected chi connectivity index (χ1v) is 3.94. The van der Waals surface area contributed by atoms with E-state index in [9.17, 15) is 8.78 Å². The van der Waals surface area contributed by atoms with E-state index in [-0.39, 0.29) is 17.1 Å². The minimum absolute atomic E-state index is 0.0787. The third kappa shape index (κ3) is 1.91. The largest absolute Gasteiger partial charge is 0.273 e. The third-order valence-corrected chi connectivity index (χ3v) is 1.80. The number of hydrogen-bond donors (Lipinski definition) is 0. The van der Waals surface area contributed by atoms with Crippen LogP contribution in [0, 0.1) is 0 Å². The van der Waals surface area contributed by atoms with Crippen molar-refractivity contribution in [3.05, 3.63) is 29.0 Å². The van der Waals surface area contributed by atoms with Gasteiger partial charge < -0.3 is 0 Å². The molecule has 0 saturated carbocycles. The molecule has 0 aliphatic rings. The van der Waals surface area contributed by atoms with Crippen LogP contribution in [0.25, 0.3) is 0 Å². The molecule has 4 heteroatoms. The molecule has 0 bridgehead atoms. The molecule has 0 aromatic carbocycles. The van der Waals surface area contributed by atoms with E-state index in [1.54, 1.807) is 0 Å². The van der Waals surface area contributed by atoms with Gasteiger partial charge in [0, 0.05) is 18.2 Å². The summed E-state index contributed by atoms with van der Waals surface area (Å²) in [6, 6.07) is 2.46. The molecule has 12 heavy (non-hydrogen) atoms. The first-order valence-electron chi connectivity index (χ1n) is 3.56. The van der Waals surface area contributed by atoms with Crippen molar-refractivity contribution in [3.63, 3.8) is 0 Å². The van der Waals surface area contributed by atoms with E-state index in [0.29, 0.717) is 0 Å². The van der Waals surface area contributed by atoms with E-state index < -0.39 is 5.92 Å². The van der Waals surface area contributed by atoms with Gasteiger partial charge in [-0.25, -0.2) is 13.8 Å². The summed E-state index contributed by atoms with van der Waals surface area (Å²) < 4.78 is 26.0. The molecule has 0 saturated heterocycles. The van der Waals surface area contributed by atoms with Gasteiger partial charge in [0.25, 0.3) is 5.92 Å². The predicted molar refractivity (Wildman–Crippen MR) is 43.4 cm³/mol. The second kappa shape index (κ2) is 3.35. The van der Waals surface area contributed by atoms with E-state index in [1.165, 1.54) is 25.3 Å². The molecule has 0 aliphatic carbocycles. The van der Waals surface area contributed by atoms with Crippen molar-refractivity contribution in [2.24, 2.45) is 0 Å². The van der Waals surface area contributed by atoms with Gasteiger partial charge in [0.15, 0.2) is 0 Å². The first-order chi connectivity index (χ1) is 5.56. The Hall–Kier alpha value is -0.700. The molecule has 1 aromatic heterocycles. The van der Waals surface area contributed by atoms with Crippen molar-refractivity contribution in [1.82, 2.24) is 4.98 Å². The molecule has 1 rings (SSSR count). The molecule has 1 heterocycles. The number of halogens is 3. The van der Waals surface area contributed by atoms with Crippen molar-refractivity contribution in [3.8, 4) is 0 Å². The Morgan fingerprint density at radius 1 is 1.58 bits per heavy atom. The summed E-state index contributed by atoms with van der Waals surface area (Å²) in [7, 11) is 0. The number of rotatable bonds is 2. The Kier molecular flexibility index (Phi) is 2.62. The Morgan fingerprint density at radius 3 is 2.75 bits per heavy atom. The monoisotopic (exact) mass is 191 g/mol. The first kappa shape index (κ1) is 9.39. The van der Waals surface area contributed by atoms with Crippen LogP contribution in [0.1, 0.15) is 18.9 Å². The fraction of sp³-hybridized carbons (Fsp3) is 0.375. The van der Waals surface area contributed by atoms with Crippen LogP contribution in [-0.4, -0.2) is 4.98 Å². The minimum Gasteiger partial charge on any atom is -0.245 e. The van der Waals surface area contributed by atoms with Gasteiger partial charge in [-0.2, -0.15) is 0 Å². The summed E-state index contributed by atoms with van der Waals surface area (Å²) in [6.07, 6.45) is 1.05. The molecule has 1 aromatic rings. The molecular formula is C8H8ClF2N. The lowest BCUT2D eigenvalue weighted by molar-refractivity contribution is -0.00835. The van der Waals surface area contributed by atoms with Gasteiger partial charge in [-0.3, -0.25) is 0 Å². The fourth-order valence-electron chi connectivity index (χ4n) is 0.834. The van der Waals surface area contributed by atoms with Crippen LogP contribution in [0.5, 0.6) is 0 Å². The molecule has 66 valence electrons. The molecule has 0 amide bonds. The Morgan fingerprint density at radius 2 is 2.25 bits per heavy atom. The van der Waals surface area contributed by atoms with Crippen LogP contribution in [0.4, 0.5) is 8.78 Å². The Bertz CT molecular complexity index is 276. The van der Waals surface area contributed by atoms with Gasteiger partial charge in [-0.05, 0) is 12.1 Å². The van der Waals surface area contributed by atoms with Gasteiger partial charge in [0.05, 0.1) is 0 Å². The summed E-state index contributed by atoms with van der Waals surface area (Å²) in [4.78, 5) is 3.62. The van der Waals surface area contributed by atoms with Crippen LogP contribution in [0.15, 0.2) is 18.3 Å². The zero-order chi connectivity index (χ0) is 9.19. The summed E-state index contributed by atoms with van der Waals surface area (Å²) in [5.41, 5.74) is -0.0787. The molecule has 0 aliphatic heterocycles. The van der Waals surface area contributed by atoms with E-state index in [0.717, 1.165) is 0 Å². The Labute approximate surface area is 74.4 Å². The van der Waals surface area contributed by atoms with E-state index in [2.05, 4.69) is 4.98 Å². The SMILES string of the molecule is CCC(F)(F)c1ccnc(Cl)c1. The number of hydrogen-bond acceptors (Lipinski definition) is 1. The van der Waals surface area contributed by atoms with Gasteiger partial charge in [0.2, 0.25) is 0 Å². The van der Waals surface area contributed by atoms with Crippen molar-refractivity contribution >= 4 is 11.6 Å². The molecular weight excluding hydrogens is 184 g/mol. The highest BCUT2D eigenvalue weighted by Crippen LogP contribution is 2.31. The molecule has 0 N–H and O–H groups in total. The quantitative estimate of drug-likeness (QED) is 0.654. The normalized spacial score (nSPS) is 11.7. The number of alkyl halides is 2. The van der Waals surface area contributed by atoms with Crippen LogP contribution in [0.3, 0.4) is 0 Å². The molecule has 0 spiro atoms. The highest BCUT2D eigenvalue weighted by Gasteiger charge is 2.28. The lowest BCUT2D eigenvalue weighted by Crippen LogP contribution is -2.11. The number of nitrogens with zero attached hydrogens (tertiary/aromatic N) is 1. The predicted octanol–water partition coefficient (Wildman–Crippen LogP) is 3.24. The average Bonchev–Trinajstić information content (AvgIpc) is 2.05. The minimum atomic E-state index is -2.80. The summed E-state index contributed by atoms with van der Waals surface area (Å²) in [6.45, 7) is 1.42. The topological polar surface area (TPSA) is 12.9 Å². The zero-order valence-corrected chi connectivity index (χ0v) is 7.28. The number of aromatic nitrogens is 1. The van der Waals surface area contributed by atoms with E-state index in [1.807, 2.05) is 0 Å². The van der Waals surface area contributed by atoms with Gasteiger partial charge in [-0.15, -0.1) is 0 Å². The van der Waals surface area contributed by atoms with Crippen molar-refractivity contribution in [2.75, 3.05) is 0 Å². The summed E-state index contributed by atoms with van der Waals surface area (Å²) in [5, 5.41) is 0.0978. The van der Waals surface area contributed by atoms with Gasteiger partial charge >= 0.3 is 0 Å². The summed E-state index contributed by atoms with van der Waals surface area (Å²) >= 11 is 5.46. The molecule has 0 unspecified atom stereocenters. The summed E-state index contributed by atoms with van der Waals surface area (Å²) in [5.74, 6) is -2.80. The molecule has 0 radical (unpaired) electrons. The van der Waals surface area contributed by atoms with Gasteiger partial charge in [0.1, 0.15) is 5.15 Å². The maximum Gasteiger partial charge on any atom is 0.273 e. The maximum atomic E-state index is 13.0. The fourth-order valence-corrected chi connectivity index (χ4v) is 1.01. The molecule has 1 nitrogen and oxygen atoms in total. The third-order valence-electron chi connectivity index (χ3n) is 1.59. The van der Waals surface area contributed by atoms with Crippen LogP contribution in [0.2, 0.25) is 5.15 Å². The standard InChI is InChI=1S/C8H8ClF2N/c1-2-8(10,11)6-3-4-12-7(9)5-6/h3-5H,2H2,1H3. The zero-order valence-electron chi connectivity index (χ0n) is 6.52. The van der Waals surface area contributed by atoms with Crippen molar-refractivity contribution in [2.45, 2.75) is 19.3 Å². The lowest BCUT2D eigenvalue weighted by Gasteiger charge is -2.13. The van der Waals surface area contributed by atoms with Crippen LogP contribution >= 0.6 is 11.6 Å².